The number of thiazole rings is 1. The number of ether oxygens (including phenoxy) is 1. The topological polar surface area (TPSA) is 222 Å². The van der Waals surface area contributed by atoms with Crippen LogP contribution >= 0.6 is 11.3 Å². The van der Waals surface area contributed by atoms with Crippen LogP contribution in [0.25, 0.3) is 32.6 Å². The molecule has 5 N–H and O–H groups in total. The number of amides is 3. The lowest BCUT2D eigenvalue weighted by Crippen LogP contribution is -2.59. The van der Waals surface area contributed by atoms with Gasteiger partial charge in [0.1, 0.15) is 42.1 Å². The number of β-amino-alcohol motifs (C(OH)–C–C–N with tert-alkyl or cyclic N) is 1. The first-order valence-electron chi connectivity index (χ1n) is 25.4. The van der Waals surface area contributed by atoms with E-state index in [2.05, 4.69) is 30.5 Å². The van der Waals surface area contributed by atoms with Gasteiger partial charge in [0, 0.05) is 94.2 Å². The van der Waals surface area contributed by atoms with Gasteiger partial charge in [0.25, 0.3) is 0 Å². The Bertz CT molecular complexity index is 3250. The molecule has 6 aromatic rings. The molecule has 0 saturated carbocycles. The molecule has 23 heteroatoms. The summed E-state index contributed by atoms with van der Waals surface area (Å²) >= 11 is 1.56. The lowest BCUT2D eigenvalue weighted by molar-refractivity contribution is -0.144. The van der Waals surface area contributed by atoms with E-state index >= 15 is 8.78 Å². The van der Waals surface area contributed by atoms with Gasteiger partial charge >= 0.3 is 10.2 Å². The Balaban J connectivity index is 0.735. The molecule has 0 spiro atoms. The van der Waals surface area contributed by atoms with Crippen molar-refractivity contribution in [2.24, 2.45) is 5.41 Å². The minimum absolute atomic E-state index is 0.0139. The number of H-pyrrole nitrogens is 1. The number of fused-ring (bicyclic) bond motifs is 1. The van der Waals surface area contributed by atoms with Crippen molar-refractivity contribution in [2.45, 2.75) is 71.4 Å². The average molecular weight is 1100 g/mol. The van der Waals surface area contributed by atoms with E-state index in [1.54, 1.807) is 41.2 Å². The molecule has 4 atom stereocenters. The van der Waals surface area contributed by atoms with Crippen LogP contribution in [-0.2, 0) is 31.1 Å². The van der Waals surface area contributed by atoms with E-state index in [4.69, 9.17) is 4.74 Å². The Kier molecular flexibility index (Phi) is 16.5. The number of aliphatic hydroxyl groups excluding tert-OH is 1. The Morgan fingerprint density at radius 2 is 1.64 bits per heavy atom. The molecule has 0 unspecified atom stereocenters. The number of anilines is 1. The fourth-order valence-corrected chi connectivity index (χ4v) is 11.9. The average Bonchev–Trinajstić information content (AvgIpc) is 4.27. The molecule has 0 radical (unpaired) electrons. The third kappa shape index (κ3) is 12.7. The third-order valence-electron chi connectivity index (χ3n) is 14.2. The number of aryl methyl sites for hydroxylation is 1. The number of rotatable bonds is 18. The maximum atomic E-state index is 15.8. The van der Waals surface area contributed by atoms with Gasteiger partial charge in [0.05, 0.1) is 40.0 Å². The zero-order valence-electron chi connectivity index (χ0n) is 43.0. The molecule has 77 heavy (non-hydrogen) atoms. The number of nitrogens with zero attached hydrogens (tertiary/aromatic N) is 6. The van der Waals surface area contributed by atoms with Crippen molar-refractivity contribution >= 4 is 61.8 Å². The third-order valence-corrected chi connectivity index (χ3v) is 16.6. The molecule has 3 fully saturated rings. The number of carbonyl (C=O) groups excluding carboxylic acids is 4. The maximum absolute atomic E-state index is 15.8. The normalized spacial score (nSPS) is 19.1. The molecule has 6 heterocycles. The molecule has 3 saturated heterocycles. The van der Waals surface area contributed by atoms with Crippen LogP contribution in [0, 0.1) is 24.0 Å². The van der Waals surface area contributed by atoms with Crippen LogP contribution in [0.15, 0.2) is 84.6 Å². The van der Waals surface area contributed by atoms with Gasteiger partial charge in [-0.2, -0.15) is 12.7 Å². The summed E-state index contributed by atoms with van der Waals surface area (Å²) in [5, 5.41) is 16.8. The van der Waals surface area contributed by atoms with Crippen molar-refractivity contribution in [3.8, 4) is 27.3 Å². The van der Waals surface area contributed by atoms with Gasteiger partial charge in [0.2, 0.25) is 23.5 Å². The Morgan fingerprint density at radius 3 is 2.31 bits per heavy atom. The second-order valence-corrected chi connectivity index (χ2v) is 23.2. The molecule has 0 aliphatic carbocycles. The summed E-state index contributed by atoms with van der Waals surface area (Å²) in [6.07, 6.45) is 0.683. The number of benzene rings is 3. The standard InChI is InChI=1S/C54H61F3N10O8S2/c1-32-49(76-31-61-32)35-7-5-33(6-8-35)25-60-52(71)44-24-38(68)29-67(44)53(72)50(54(2,3)4)62-45(69)30-65-19-17-64(18-20-65)21-22-75-39-11-9-34(10-12-39)36-23-40-41(27-59-51(40)58-26-36)48(70)46-42(56)13-14-43(47(46)57)63-77(73,74)66-16-15-37(55)28-66/h5-14,23,26-27,31,37-38,44,50,63,68H,15-22,24-25,28-30H2,1-4H3,(H,58,59)(H,60,71)(H,62,69)/t37-,38-,44+,50-/m1/s1. The highest BCUT2D eigenvalue weighted by Crippen LogP contribution is 2.33. The molecule has 408 valence electrons. The fourth-order valence-electron chi connectivity index (χ4n) is 9.83. The largest absolute Gasteiger partial charge is 0.492 e. The number of pyridine rings is 1. The summed E-state index contributed by atoms with van der Waals surface area (Å²) in [5.74, 6) is -4.16. The Morgan fingerprint density at radius 1 is 0.922 bits per heavy atom. The van der Waals surface area contributed by atoms with Crippen molar-refractivity contribution in [2.75, 3.05) is 70.2 Å². The van der Waals surface area contributed by atoms with E-state index in [0.29, 0.717) is 50.6 Å². The van der Waals surface area contributed by atoms with Gasteiger partial charge in [0.15, 0.2) is 5.82 Å². The van der Waals surface area contributed by atoms with Crippen molar-refractivity contribution < 1.29 is 50.6 Å². The molecule has 3 aliphatic heterocycles. The second kappa shape index (κ2) is 23.1. The summed E-state index contributed by atoms with van der Waals surface area (Å²) in [5.41, 5.74) is 3.86. The number of piperazine rings is 1. The molecule has 18 nitrogen and oxygen atoms in total. The molecule has 3 aromatic heterocycles. The monoisotopic (exact) mass is 1100 g/mol. The quantitative estimate of drug-likeness (QED) is 0.0657. The second-order valence-electron chi connectivity index (χ2n) is 20.7. The number of alkyl halides is 1. The van der Waals surface area contributed by atoms with Crippen molar-refractivity contribution in [3.63, 3.8) is 0 Å². The number of carbonyl (C=O) groups is 4. The molecular weight excluding hydrogens is 1040 g/mol. The van der Waals surface area contributed by atoms with Crippen LogP contribution < -0.4 is 20.1 Å². The molecule has 0 bridgehead atoms. The van der Waals surface area contributed by atoms with E-state index in [9.17, 15) is 37.1 Å². The number of hydrogen-bond acceptors (Lipinski definition) is 13. The van der Waals surface area contributed by atoms with E-state index in [1.165, 1.54) is 11.1 Å². The first-order chi connectivity index (χ1) is 36.7. The van der Waals surface area contributed by atoms with Gasteiger partial charge in [-0.3, -0.25) is 33.7 Å². The van der Waals surface area contributed by atoms with Crippen LogP contribution in [0.3, 0.4) is 0 Å². The lowest BCUT2D eigenvalue weighted by atomic mass is 9.85. The summed E-state index contributed by atoms with van der Waals surface area (Å²) in [7, 11) is -4.38. The highest BCUT2D eigenvalue weighted by atomic mass is 32.2. The minimum Gasteiger partial charge on any atom is -0.492 e. The summed E-state index contributed by atoms with van der Waals surface area (Å²) in [4.78, 5) is 73.3. The zero-order valence-corrected chi connectivity index (χ0v) is 44.7. The van der Waals surface area contributed by atoms with Crippen molar-refractivity contribution in [1.82, 2.24) is 44.6 Å². The minimum atomic E-state index is -4.38. The number of halogens is 3. The number of aromatic amines is 1. The smallest absolute Gasteiger partial charge is 0.301 e. The maximum Gasteiger partial charge on any atom is 0.301 e. The van der Waals surface area contributed by atoms with Crippen LogP contribution in [-0.4, -0.2) is 161 Å². The number of hydrogen-bond donors (Lipinski definition) is 5. The molecule has 3 aromatic carbocycles. The number of likely N-dealkylation sites (tertiary alicyclic amines) is 1. The number of nitrogens with one attached hydrogen (secondary N) is 4. The zero-order chi connectivity index (χ0) is 54.8. The van der Waals surface area contributed by atoms with Gasteiger partial charge in [-0.25, -0.2) is 23.1 Å². The summed E-state index contributed by atoms with van der Waals surface area (Å²) < 4.78 is 79.2. The van der Waals surface area contributed by atoms with E-state index < -0.39 is 81.1 Å². The number of aliphatic hydroxyl groups is 1. The summed E-state index contributed by atoms with van der Waals surface area (Å²) in [6.45, 7) is 10.9. The number of ketones is 1. The first kappa shape index (κ1) is 55.0. The highest BCUT2D eigenvalue weighted by molar-refractivity contribution is 7.90. The molecular formula is C54H61F3N10O8S2. The van der Waals surface area contributed by atoms with Crippen LogP contribution in [0.1, 0.15) is 60.8 Å². The molecule has 9 rings (SSSR count). The van der Waals surface area contributed by atoms with Gasteiger partial charge in [-0.05, 0) is 65.8 Å². The van der Waals surface area contributed by atoms with Crippen LogP contribution in [0.2, 0.25) is 0 Å². The van der Waals surface area contributed by atoms with Gasteiger partial charge in [-0.15, -0.1) is 11.3 Å². The lowest BCUT2D eigenvalue weighted by Gasteiger charge is -2.37. The molecule has 3 amide bonds. The predicted octanol–water partition coefficient (Wildman–Crippen LogP) is 5.68. The fraction of sp³-hybridized carbons (Fsp3) is 0.407. The van der Waals surface area contributed by atoms with E-state index in [-0.39, 0.29) is 67.4 Å². The highest BCUT2D eigenvalue weighted by Gasteiger charge is 2.45. The van der Waals surface area contributed by atoms with Gasteiger partial charge < -0.3 is 30.4 Å². The van der Waals surface area contributed by atoms with E-state index in [1.807, 2.05) is 73.7 Å². The van der Waals surface area contributed by atoms with Crippen molar-refractivity contribution in [1.29, 1.82) is 0 Å². The summed E-state index contributed by atoms with van der Waals surface area (Å²) in [6, 6.07) is 16.5. The Labute approximate surface area is 448 Å². The van der Waals surface area contributed by atoms with Crippen LogP contribution in [0.5, 0.6) is 5.75 Å². The van der Waals surface area contributed by atoms with Crippen LogP contribution in [0.4, 0.5) is 18.9 Å². The van der Waals surface area contributed by atoms with Crippen molar-refractivity contribution in [3.05, 3.63) is 119 Å². The van der Waals surface area contributed by atoms with E-state index in [0.717, 1.165) is 43.7 Å². The Hall–Kier alpha value is -6.76. The number of aromatic nitrogens is 3. The first-order valence-corrected chi connectivity index (χ1v) is 27.7. The van der Waals surface area contributed by atoms with Gasteiger partial charge in [-0.1, -0.05) is 57.2 Å². The molecule has 3 aliphatic rings. The predicted molar refractivity (Wildman–Crippen MR) is 285 cm³/mol. The SMILES string of the molecule is Cc1ncsc1-c1ccc(CNC(=O)[C@@H]2C[C@@H](O)CN2C(=O)[C@@H](NC(=O)CN2CCN(CCOc3ccc(-c4cnc5[nH]cc(C(=O)c6c(F)ccc(NS(=O)(=O)N7CC[C@@H](F)C7)c6F)c5c4)cc3)CC2)C(C)(C)C)cc1.